The first kappa shape index (κ1) is 18.3. The summed E-state index contributed by atoms with van der Waals surface area (Å²) in [5, 5.41) is 9.37. The van der Waals surface area contributed by atoms with E-state index in [1.165, 1.54) is 12.1 Å². The third-order valence-electron chi connectivity index (χ3n) is 4.34. The summed E-state index contributed by atoms with van der Waals surface area (Å²) in [4.78, 5) is 29.0. The molecule has 3 rings (SSSR count). The van der Waals surface area contributed by atoms with Gasteiger partial charge in [0.05, 0.1) is 11.8 Å². The van der Waals surface area contributed by atoms with Crippen molar-refractivity contribution in [3.63, 3.8) is 0 Å². The van der Waals surface area contributed by atoms with E-state index < -0.39 is 6.10 Å². The molecule has 140 valence electrons. The Morgan fingerprint density at radius 3 is 2.77 bits per heavy atom. The Bertz CT molecular complexity index is 672. The molecule has 2 aliphatic heterocycles. The summed E-state index contributed by atoms with van der Waals surface area (Å²) < 4.78 is 18.4. The third-order valence-corrected chi connectivity index (χ3v) is 4.34. The zero-order chi connectivity index (χ0) is 18.4. The van der Waals surface area contributed by atoms with E-state index in [2.05, 4.69) is 15.8 Å². The molecule has 0 aliphatic carbocycles. The van der Waals surface area contributed by atoms with E-state index in [9.17, 15) is 14.0 Å². The quantitative estimate of drug-likeness (QED) is 0.760. The molecule has 0 aromatic heterocycles. The summed E-state index contributed by atoms with van der Waals surface area (Å²) in [6, 6.07) is 5.85. The lowest BCUT2D eigenvalue weighted by Gasteiger charge is -2.12. The fourth-order valence-electron chi connectivity index (χ4n) is 2.87. The second-order valence-electron chi connectivity index (χ2n) is 6.32. The maximum atomic E-state index is 13.0. The van der Waals surface area contributed by atoms with Crippen LogP contribution in [-0.4, -0.2) is 49.4 Å². The maximum Gasteiger partial charge on any atom is 0.264 e. The van der Waals surface area contributed by atoms with Gasteiger partial charge in [-0.05, 0) is 30.5 Å². The second-order valence-corrected chi connectivity index (χ2v) is 6.32. The van der Waals surface area contributed by atoms with Crippen molar-refractivity contribution in [3.05, 3.63) is 35.6 Å². The van der Waals surface area contributed by atoms with Crippen LogP contribution in [0.3, 0.4) is 0 Å². The van der Waals surface area contributed by atoms with Crippen molar-refractivity contribution in [1.82, 2.24) is 10.6 Å². The first-order valence-electron chi connectivity index (χ1n) is 8.76. The van der Waals surface area contributed by atoms with Crippen molar-refractivity contribution in [2.45, 2.75) is 37.9 Å². The van der Waals surface area contributed by atoms with Gasteiger partial charge < -0.3 is 20.2 Å². The Balaban J connectivity index is 1.34. The molecule has 7 nitrogen and oxygen atoms in total. The summed E-state index contributed by atoms with van der Waals surface area (Å²) in [7, 11) is 0. The van der Waals surface area contributed by atoms with Crippen LogP contribution in [0.1, 0.15) is 31.2 Å². The number of nitrogens with zero attached hydrogens (tertiary/aromatic N) is 1. The number of nitrogens with one attached hydrogen (secondary N) is 2. The van der Waals surface area contributed by atoms with Gasteiger partial charge in [0.25, 0.3) is 5.91 Å². The molecule has 2 amide bonds. The first-order valence-corrected chi connectivity index (χ1v) is 8.76. The molecule has 0 spiro atoms. The normalized spacial score (nSPS) is 21.8. The molecule has 2 atom stereocenters. The molecule has 2 aliphatic rings. The number of amides is 2. The maximum absolute atomic E-state index is 13.0. The van der Waals surface area contributed by atoms with Crippen LogP contribution in [0.15, 0.2) is 29.4 Å². The minimum Gasteiger partial charge on any atom is -0.382 e. The summed E-state index contributed by atoms with van der Waals surface area (Å²) in [6.45, 7) is 1.48. The number of halogens is 1. The van der Waals surface area contributed by atoms with Crippen LogP contribution in [0.25, 0.3) is 0 Å². The standard InChI is InChI=1S/C18H22FN3O4/c19-13-5-3-12(4-6-13)15-10-16(26-22-15)18(24)20-8-7-17(23)21-11-14-2-1-9-25-14/h3-6,14,16H,1-2,7-11H2,(H,20,24)(H,21,23)/t14-,16+/m0/s1. The van der Waals surface area contributed by atoms with Crippen molar-refractivity contribution in [2.75, 3.05) is 19.7 Å². The average Bonchev–Trinajstić information content (AvgIpc) is 3.32. The highest BCUT2D eigenvalue weighted by atomic mass is 19.1. The smallest absolute Gasteiger partial charge is 0.264 e. The molecule has 1 saturated heterocycles. The predicted octanol–water partition coefficient (Wildman–Crippen LogP) is 1.12. The molecule has 8 heteroatoms. The molecule has 1 fully saturated rings. The van der Waals surface area contributed by atoms with Crippen LogP contribution in [0.4, 0.5) is 4.39 Å². The van der Waals surface area contributed by atoms with E-state index in [4.69, 9.17) is 9.57 Å². The molecule has 1 aromatic rings. The van der Waals surface area contributed by atoms with Gasteiger partial charge in [-0.2, -0.15) is 0 Å². The lowest BCUT2D eigenvalue weighted by Crippen LogP contribution is -2.38. The molecule has 26 heavy (non-hydrogen) atoms. The van der Waals surface area contributed by atoms with Gasteiger partial charge in [0, 0.05) is 32.5 Å². The number of oxime groups is 1. The number of carbonyl (C=O) groups excluding carboxylic acids is 2. The van der Waals surface area contributed by atoms with Gasteiger partial charge in [-0.15, -0.1) is 0 Å². The summed E-state index contributed by atoms with van der Waals surface area (Å²) >= 11 is 0. The Morgan fingerprint density at radius 1 is 1.23 bits per heavy atom. The molecule has 2 N–H and O–H groups in total. The van der Waals surface area contributed by atoms with E-state index in [1.807, 2.05) is 0 Å². The van der Waals surface area contributed by atoms with Gasteiger partial charge in [0.2, 0.25) is 12.0 Å². The molecule has 0 unspecified atom stereocenters. The highest BCUT2D eigenvalue weighted by Gasteiger charge is 2.28. The number of benzene rings is 1. The number of hydrogen-bond donors (Lipinski definition) is 2. The van der Waals surface area contributed by atoms with Gasteiger partial charge in [0.15, 0.2) is 0 Å². The topological polar surface area (TPSA) is 89.0 Å². The second kappa shape index (κ2) is 8.75. The lowest BCUT2D eigenvalue weighted by atomic mass is 10.0. The van der Waals surface area contributed by atoms with Gasteiger partial charge >= 0.3 is 0 Å². The summed E-state index contributed by atoms with van der Waals surface area (Å²) in [5.41, 5.74) is 1.31. The largest absolute Gasteiger partial charge is 0.382 e. The Labute approximate surface area is 150 Å². The Kier molecular flexibility index (Phi) is 6.17. The van der Waals surface area contributed by atoms with E-state index in [0.717, 1.165) is 25.0 Å². The van der Waals surface area contributed by atoms with Crippen molar-refractivity contribution >= 4 is 17.5 Å². The van der Waals surface area contributed by atoms with Crippen LogP contribution in [0.5, 0.6) is 0 Å². The van der Waals surface area contributed by atoms with Gasteiger partial charge in [-0.3, -0.25) is 9.59 Å². The molecular weight excluding hydrogens is 341 g/mol. The number of hydrogen-bond acceptors (Lipinski definition) is 5. The molecule has 0 saturated carbocycles. The third kappa shape index (κ3) is 5.01. The zero-order valence-electron chi connectivity index (χ0n) is 14.4. The molecule has 2 heterocycles. The van der Waals surface area contributed by atoms with Crippen molar-refractivity contribution in [1.29, 1.82) is 0 Å². The van der Waals surface area contributed by atoms with Crippen molar-refractivity contribution < 1.29 is 23.6 Å². The molecule has 0 radical (unpaired) electrons. The van der Waals surface area contributed by atoms with Crippen LogP contribution >= 0.6 is 0 Å². The van der Waals surface area contributed by atoms with Crippen LogP contribution in [0, 0.1) is 5.82 Å². The minimum absolute atomic E-state index is 0.0995. The number of rotatable bonds is 7. The fraction of sp³-hybridized carbons (Fsp3) is 0.500. The highest BCUT2D eigenvalue weighted by Crippen LogP contribution is 2.17. The summed E-state index contributed by atoms with van der Waals surface area (Å²) in [6.07, 6.45) is 1.86. The predicted molar refractivity (Wildman–Crippen MR) is 92.0 cm³/mol. The van der Waals surface area contributed by atoms with Crippen molar-refractivity contribution in [2.24, 2.45) is 5.16 Å². The Morgan fingerprint density at radius 2 is 2.04 bits per heavy atom. The van der Waals surface area contributed by atoms with Crippen LogP contribution < -0.4 is 10.6 Å². The first-order chi connectivity index (χ1) is 12.6. The van der Waals surface area contributed by atoms with E-state index in [1.54, 1.807) is 12.1 Å². The highest BCUT2D eigenvalue weighted by molar-refractivity contribution is 6.04. The minimum atomic E-state index is -0.731. The Hall–Kier alpha value is -2.48. The number of ether oxygens (including phenoxy) is 1. The van der Waals surface area contributed by atoms with E-state index in [0.29, 0.717) is 18.7 Å². The molecular formula is C18H22FN3O4. The molecule has 1 aromatic carbocycles. The zero-order valence-corrected chi connectivity index (χ0v) is 14.4. The van der Waals surface area contributed by atoms with Gasteiger partial charge in [-0.25, -0.2) is 4.39 Å². The van der Waals surface area contributed by atoms with Crippen LogP contribution in [-0.2, 0) is 19.2 Å². The summed E-state index contributed by atoms with van der Waals surface area (Å²) in [5.74, 6) is -0.783. The van der Waals surface area contributed by atoms with Crippen molar-refractivity contribution in [3.8, 4) is 0 Å². The fourth-order valence-corrected chi connectivity index (χ4v) is 2.87. The number of carbonyl (C=O) groups is 2. The SMILES string of the molecule is O=C(CCNC(=O)[C@H]1CC(c2ccc(F)cc2)=NO1)NC[C@@H]1CCCO1. The van der Waals surface area contributed by atoms with Crippen LogP contribution in [0.2, 0.25) is 0 Å². The van der Waals surface area contributed by atoms with Gasteiger partial charge in [-0.1, -0.05) is 17.3 Å². The monoisotopic (exact) mass is 363 g/mol. The van der Waals surface area contributed by atoms with Gasteiger partial charge in [0.1, 0.15) is 5.82 Å². The lowest BCUT2D eigenvalue weighted by molar-refractivity contribution is -0.131. The van der Waals surface area contributed by atoms with E-state index in [-0.39, 0.29) is 36.7 Å². The average molecular weight is 363 g/mol. The molecule has 0 bridgehead atoms. The van der Waals surface area contributed by atoms with E-state index >= 15 is 0 Å².